The van der Waals surface area contributed by atoms with Gasteiger partial charge in [-0.25, -0.2) is 9.59 Å². The van der Waals surface area contributed by atoms with E-state index in [0.717, 1.165) is 0 Å². The van der Waals surface area contributed by atoms with E-state index < -0.39 is 47.4 Å². The summed E-state index contributed by atoms with van der Waals surface area (Å²) in [5.41, 5.74) is -3.94. The number of halogens is 6. The third-order valence-corrected chi connectivity index (χ3v) is 5.34. The summed E-state index contributed by atoms with van der Waals surface area (Å²) in [4.78, 5) is 25.8. The van der Waals surface area contributed by atoms with Crippen LogP contribution in [0.1, 0.15) is 32.8 Å². The molecule has 0 bridgehead atoms. The first-order chi connectivity index (χ1) is 16.4. The molecule has 182 valence electrons. The summed E-state index contributed by atoms with van der Waals surface area (Å²) in [6, 6.07) is 9.29. The number of hydrogen-bond acceptors (Lipinski definition) is 4. The van der Waals surface area contributed by atoms with Crippen molar-refractivity contribution in [3.8, 4) is 11.1 Å². The molecule has 0 saturated heterocycles. The average molecular weight is 495 g/mol. The van der Waals surface area contributed by atoms with E-state index in [2.05, 4.69) is 0 Å². The van der Waals surface area contributed by atoms with Gasteiger partial charge in [0.25, 0.3) is 0 Å². The number of nitrogens with zero attached hydrogens (tertiary/aromatic N) is 1. The van der Waals surface area contributed by atoms with Crippen LogP contribution < -0.4 is 10.5 Å². The van der Waals surface area contributed by atoms with Gasteiger partial charge in [0.1, 0.15) is 5.69 Å². The second kappa shape index (κ2) is 8.64. The van der Waals surface area contributed by atoms with E-state index in [1.165, 1.54) is 17.1 Å². The SMILES string of the molecule is O=C(O)c1oc(=O)c2c(c1-c1ccccc1)C=CCN2Cc1cc(C(F)(F)F)cc(C(F)(F)F)c1. The minimum Gasteiger partial charge on any atom is -0.475 e. The monoisotopic (exact) mass is 495 g/mol. The third-order valence-electron chi connectivity index (χ3n) is 5.34. The molecule has 2 heterocycles. The number of anilines is 1. The van der Waals surface area contributed by atoms with Crippen molar-refractivity contribution in [2.45, 2.75) is 18.9 Å². The summed E-state index contributed by atoms with van der Waals surface area (Å²) in [6.45, 7) is -0.522. The summed E-state index contributed by atoms with van der Waals surface area (Å²) in [7, 11) is 0. The van der Waals surface area contributed by atoms with Crippen molar-refractivity contribution in [3.63, 3.8) is 0 Å². The number of carboxylic acids is 1. The fourth-order valence-electron chi connectivity index (χ4n) is 3.91. The molecule has 0 atom stereocenters. The van der Waals surface area contributed by atoms with Gasteiger partial charge < -0.3 is 14.4 Å². The number of hydrogen-bond donors (Lipinski definition) is 1. The van der Waals surface area contributed by atoms with Gasteiger partial charge in [0.05, 0.1) is 11.1 Å². The number of fused-ring (bicyclic) bond motifs is 1. The van der Waals surface area contributed by atoms with E-state index in [1.807, 2.05) is 0 Å². The molecule has 0 spiro atoms. The van der Waals surface area contributed by atoms with Crippen LogP contribution in [-0.2, 0) is 18.9 Å². The topological polar surface area (TPSA) is 70.7 Å². The fraction of sp³-hybridized carbons (Fsp3) is 0.167. The quantitative estimate of drug-likeness (QED) is 0.445. The molecule has 0 saturated carbocycles. The van der Waals surface area contributed by atoms with Crippen molar-refractivity contribution in [2.75, 3.05) is 11.4 Å². The largest absolute Gasteiger partial charge is 0.475 e. The second-order valence-electron chi connectivity index (χ2n) is 7.72. The van der Waals surface area contributed by atoms with Gasteiger partial charge in [0, 0.05) is 24.2 Å². The molecule has 0 amide bonds. The Morgan fingerprint density at radius 3 is 2.11 bits per heavy atom. The van der Waals surface area contributed by atoms with Gasteiger partial charge in [-0.15, -0.1) is 0 Å². The Morgan fingerprint density at radius 1 is 0.971 bits per heavy atom. The number of carbonyl (C=O) groups is 1. The molecule has 5 nitrogen and oxygen atoms in total. The van der Waals surface area contributed by atoms with Gasteiger partial charge in [-0.2, -0.15) is 26.3 Å². The van der Waals surface area contributed by atoms with E-state index in [4.69, 9.17) is 4.42 Å². The number of benzene rings is 2. The lowest BCUT2D eigenvalue weighted by Gasteiger charge is -2.29. The van der Waals surface area contributed by atoms with Crippen molar-refractivity contribution in [1.82, 2.24) is 0 Å². The van der Waals surface area contributed by atoms with Gasteiger partial charge in [0.2, 0.25) is 5.76 Å². The molecule has 0 fully saturated rings. The highest BCUT2D eigenvalue weighted by atomic mass is 19.4. The van der Waals surface area contributed by atoms with E-state index in [-0.39, 0.29) is 35.0 Å². The van der Waals surface area contributed by atoms with E-state index in [9.17, 15) is 41.0 Å². The van der Waals surface area contributed by atoms with Gasteiger partial charge in [-0.3, -0.25) is 0 Å². The molecule has 1 aromatic heterocycles. The number of rotatable bonds is 4. The number of aromatic carboxylic acids is 1. The standard InChI is InChI=1S/C24H15F6NO4/c25-23(26,27)15-9-13(10-16(11-15)24(28,29)30)12-31-8-4-7-17-18(14-5-2-1-3-6-14)20(21(32)33)35-22(34)19(17)31/h1-7,9-11H,8,12H2,(H,32,33). The molecule has 0 unspecified atom stereocenters. The van der Waals surface area contributed by atoms with Crippen LogP contribution in [0, 0.1) is 0 Å². The number of alkyl halides is 6. The van der Waals surface area contributed by atoms with Crippen LogP contribution in [0.25, 0.3) is 17.2 Å². The lowest BCUT2D eigenvalue weighted by molar-refractivity contribution is -0.143. The van der Waals surface area contributed by atoms with Crippen molar-refractivity contribution < 1.29 is 40.7 Å². The molecule has 35 heavy (non-hydrogen) atoms. The normalized spacial score (nSPS) is 13.6. The highest BCUT2D eigenvalue weighted by Crippen LogP contribution is 2.39. The van der Waals surface area contributed by atoms with E-state index in [0.29, 0.717) is 17.7 Å². The first-order valence-electron chi connectivity index (χ1n) is 10.1. The Balaban J connectivity index is 1.87. The molecule has 4 rings (SSSR count). The summed E-state index contributed by atoms with van der Waals surface area (Å²) < 4.78 is 84.7. The van der Waals surface area contributed by atoms with Crippen LogP contribution in [0.3, 0.4) is 0 Å². The third kappa shape index (κ3) is 4.79. The van der Waals surface area contributed by atoms with Crippen molar-refractivity contribution >= 4 is 17.7 Å². The summed E-state index contributed by atoms with van der Waals surface area (Å²) in [5.74, 6) is -2.15. The predicted molar refractivity (Wildman–Crippen MR) is 114 cm³/mol. The van der Waals surface area contributed by atoms with Crippen molar-refractivity contribution in [1.29, 1.82) is 0 Å². The summed E-state index contributed by atoms with van der Waals surface area (Å²) in [6.07, 6.45) is -7.04. The maximum absolute atomic E-state index is 13.3. The minimum absolute atomic E-state index is 0.0224. The molecular formula is C24H15F6NO4. The summed E-state index contributed by atoms with van der Waals surface area (Å²) in [5, 5.41) is 9.58. The molecule has 11 heteroatoms. The Morgan fingerprint density at radius 2 is 1.57 bits per heavy atom. The molecule has 0 radical (unpaired) electrons. The Kier molecular flexibility index (Phi) is 5.95. The van der Waals surface area contributed by atoms with Gasteiger partial charge >= 0.3 is 23.9 Å². The van der Waals surface area contributed by atoms with Crippen LogP contribution in [0.15, 0.2) is 63.8 Å². The van der Waals surface area contributed by atoms with Crippen molar-refractivity contribution in [3.05, 3.63) is 93.0 Å². The predicted octanol–water partition coefficient (Wildman–Crippen LogP) is 6.08. The lowest BCUT2D eigenvalue weighted by atomic mass is 9.95. The Bertz CT molecular complexity index is 1340. The minimum atomic E-state index is -5.02. The Hall–Kier alpha value is -4.02. The molecule has 0 aliphatic carbocycles. The zero-order valence-corrected chi connectivity index (χ0v) is 17.6. The first-order valence-corrected chi connectivity index (χ1v) is 10.1. The maximum atomic E-state index is 13.3. The van der Waals surface area contributed by atoms with Gasteiger partial charge in [-0.1, -0.05) is 42.5 Å². The van der Waals surface area contributed by atoms with Crippen LogP contribution in [-0.4, -0.2) is 17.6 Å². The van der Waals surface area contributed by atoms with E-state index >= 15 is 0 Å². The average Bonchev–Trinajstić information content (AvgIpc) is 2.78. The number of carboxylic acid groups (broad SMARTS) is 1. The van der Waals surface area contributed by atoms with Crippen LogP contribution in [0.5, 0.6) is 0 Å². The molecule has 1 N–H and O–H groups in total. The van der Waals surface area contributed by atoms with Gasteiger partial charge in [0.15, 0.2) is 0 Å². The molecule has 2 aromatic carbocycles. The first kappa shape index (κ1) is 24.1. The maximum Gasteiger partial charge on any atom is 0.416 e. The highest BCUT2D eigenvalue weighted by molar-refractivity contribution is 5.98. The smallest absolute Gasteiger partial charge is 0.416 e. The zero-order valence-electron chi connectivity index (χ0n) is 17.6. The molecular weight excluding hydrogens is 480 g/mol. The summed E-state index contributed by atoms with van der Waals surface area (Å²) >= 11 is 0. The highest BCUT2D eigenvalue weighted by Gasteiger charge is 2.37. The van der Waals surface area contributed by atoms with E-state index in [1.54, 1.807) is 30.3 Å². The van der Waals surface area contributed by atoms with Crippen LogP contribution in [0.2, 0.25) is 0 Å². The molecule has 1 aliphatic heterocycles. The fourth-order valence-corrected chi connectivity index (χ4v) is 3.91. The molecule has 1 aliphatic rings. The molecule has 3 aromatic rings. The second-order valence-corrected chi connectivity index (χ2v) is 7.72. The zero-order chi connectivity index (χ0) is 25.5. The Labute approximate surface area is 193 Å². The van der Waals surface area contributed by atoms with Crippen LogP contribution in [0.4, 0.5) is 32.0 Å². The van der Waals surface area contributed by atoms with Crippen LogP contribution >= 0.6 is 0 Å². The van der Waals surface area contributed by atoms with Gasteiger partial charge in [-0.05, 0) is 29.3 Å². The van der Waals surface area contributed by atoms with Crippen molar-refractivity contribution in [2.24, 2.45) is 0 Å². The lowest BCUT2D eigenvalue weighted by Crippen LogP contribution is -2.31.